The maximum absolute atomic E-state index is 13.1. The van der Waals surface area contributed by atoms with E-state index in [-0.39, 0.29) is 12.5 Å². The van der Waals surface area contributed by atoms with Crippen LogP contribution in [0.25, 0.3) is 5.69 Å². The number of nitrogens with zero attached hydrogens (tertiary/aromatic N) is 3. The Hall–Kier alpha value is -3.12. The lowest BCUT2D eigenvalue weighted by Crippen LogP contribution is -2.40. The van der Waals surface area contributed by atoms with Gasteiger partial charge in [-0.2, -0.15) is 5.10 Å². The van der Waals surface area contributed by atoms with E-state index in [1.54, 1.807) is 31.2 Å². The molecule has 148 valence electrons. The maximum Gasteiger partial charge on any atom is 0.325 e. The Morgan fingerprint density at radius 3 is 2.28 bits per heavy atom. The van der Waals surface area contributed by atoms with Crippen LogP contribution in [0.2, 0.25) is 5.02 Å². The maximum atomic E-state index is 13.1. The number of hydrogen-bond acceptors (Lipinski definition) is 3. The van der Waals surface area contributed by atoms with Crippen LogP contribution in [0.15, 0.2) is 54.6 Å². The highest BCUT2D eigenvalue weighted by Crippen LogP contribution is 2.30. The Bertz CT molecular complexity index is 1090. The molecule has 0 radical (unpaired) electrons. The molecule has 1 fully saturated rings. The third-order valence-corrected chi connectivity index (χ3v) is 5.48. The zero-order chi connectivity index (χ0) is 20.8. The lowest BCUT2D eigenvalue weighted by atomic mass is 9.92. The molecule has 0 saturated carbocycles. The Labute approximate surface area is 174 Å². The molecule has 2 aromatic carbocycles. The number of carbonyl (C=O) groups is 2. The molecule has 4 rings (SSSR count). The standard InChI is InChI=1S/C22H21ClN4O2/c1-14-12-15(2)27(25-14)19-10-4-16(5-11-19)13-26-20(28)22(3,24-21(26)29)17-6-8-18(23)9-7-17/h4-12H,13H2,1-3H3,(H,24,29). The first-order valence-electron chi connectivity index (χ1n) is 9.31. The van der Waals surface area contributed by atoms with Gasteiger partial charge in [-0.15, -0.1) is 0 Å². The zero-order valence-corrected chi connectivity index (χ0v) is 17.2. The van der Waals surface area contributed by atoms with E-state index in [1.165, 1.54) is 4.90 Å². The number of carbonyl (C=O) groups excluding carboxylic acids is 2. The van der Waals surface area contributed by atoms with Crippen LogP contribution in [0.1, 0.15) is 29.4 Å². The van der Waals surface area contributed by atoms with Crippen molar-refractivity contribution in [3.63, 3.8) is 0 Å². The van der Waals surface area contributed by atoms with Gasteiger partial charge < -0.3 is 5.32 Å². The van der Waals surface area contributed by atoms with Gasteiger partial charge in [-0.3, -0.25) is 9.69 Å². The van der Waals surface area contributed by atoms with Crippen molar-refractivity contribution >= 4 is 23.5 Å². The van der Waals surface area contributed by atoms with Crippen LogP contribution in [0.3, 0.4) is 0 Å². The minimum atomic E-state index is -1.11. The molecular weight excluding hydrogens is 388 g/mol. The molecule has 1 unspecified atom stereocenters. The monoisotopic (exact) mass is 408 g/mol. The molecule has 7 heteroatoms. The first kappa shape index (κ1) is 19.2. The first-order chi connectivity index (χ1) is 13.8. The van der Waals surface area contributed by atoms with Gasteiger partial charge in [0.25, 0.3) is 5.91 Å². The van der Waals surface area contributed by atoms with E-state index in [2.05, 4.69) is 10.4 Å². The average molecular weight is 409 g/mol. The molecule has 3 amide bonds. The van der Waals surface area contributed by atoms with Crippen molar-refractivity contribution in [2.75, 3.05) is 0 Å². The van der Waals surface area contributed by atoms with Crippen LogP contribution in [0.5, 0.6) is 0 Å². The molecule has 0 bridgehead atoms. The summed E-state index contributed by atoms with van der Waals surface area (Å²) in [6, 6.07) is 16.2. The van der Waals surface area contributed by atoms with Crippen molar-refractivity contribution < 1.29 is 9.59 Å². The third kappa shape index (κ3) is 3.40. The molecule has 1 N–H and O–H groups in total. The predicted molar refractivity (Wildman–Crippen MR) is 111 cm³/mol. The van der Waals surface area contributed by atoms with Crippen molar-refractivity contribution in [2.45, 2.75) is 32.9 Å². The molecule has 0 aliphatic carbocycles. The van der Waals surface area contributed by atoms with E-state index in [0.29, 0.717) is 10.6 Å². The summed E-state index contributed by atoms with van der Waals surface area (Å²) in [4.78, 5) is 26.8. The fourth-order valence-electron chi connectivity index (χ4n) is 3.63. The van der Waals surface area contributed by atoms with Crippen molar-refractivity contribution in [1.29, 1.82) is 0 Å². The zero-order valence-electron chi connectivity index (χ0n) is 16.4. The Kier molecular flexibility index (Phi) is 4.67. The molecule has 3 aromatic rings. The number of imide groups is 1. The number of aryl methyl sites for hydroxylation is 2. The fourth-order valence-corrected chi connectivity index (χ4v) is 3.76. The van der Waals surface area contributed by atoms with Gasteiger partial charge in [0.15, 0.2) is 0 Å². The van der Waals surface area contributed by atoms with Crippen LogP contribution in [-0.2, 0) is 16.9 Å². The minimum absolute atomic E-state index is 0.200. The van der Waals surface area contributed by atoms with Gasteiger partial charge in [0.2, 0.25) is 0 Å². The van der Waals surface area contributed by atoms with E-state index in [0.717, 1.165) is 22.6 Å². The second-order valence-corrected chi connectivity index (χ2v) is 7.90. The summed E-state index contributed by atoms with van der Waals surface area (Å²) in [6.07, 6.45) is 0. The molecule has 29 heavy (non-hydrogen) atoms. The highest BCUT2D eigenvalue weighted by Gasteiger charge is 2.48. The lowest BCUT2D eigenvalue weighted by Gasteiger charge is -2.22. The van der Waals surface area contributed by atoms with Gasteiger partial charge in [-0.1, -0.05) is 35.9 Å². The van der Waals surface area contributed by atoms with Crippen molar-refractivity contribution in [3.8, 4) is 5.69 Å². The normalized spacial score (nSPS) is 19.0. The van der Waals surface area contributed by atoms with E-state index in [4.69, 9.17) is 11.6 Å². The molecule has 2 heterocycles. The second-order valence-electron chi connectivity index (χ2n) is 7.46. The molecule has 1 aromatic heterocycles. The number of hydrogen-bond donors (Lipinski definition) is 1. The van der Waals surface area contributed by atoms with E-state index in [1.807, 2.05) is 48.9 Å². The summed E-state index contributed by atoms with van der Waals surface area (Å²) in [7, 11) is 0. The Morgan fingerprint density at radius 1 is 1.03 bits per heavy atom. The summed E-state index contributed by atoms with van der Waals surface area (Å²) < 4.78 is 1.87. The quantitative estimate of drug-likeness (QED) is 0.660. The molecule has 1 atom stereocenters. The predicted octanol–water partition coefficient (Wildman–Crippen LogP) is 4.11. The van der Waals surface area contributed by atoms with Crippen LogP contribution in [0.4, 0.5) is 4.79 Å². The number of amides is 3. The van der Waals surface area contributed by atoms with Crippen LogP contribution in [-0.4, -0.2) is 26.6 Å². The average Bonchev–Trinajstić information content (AvgIpc) is 3.14. The molecule has 1 aliphatic heterocycles. The van der Waals surface area contributed by atoms with Gasteiger partial charge in [0.1, 0.15) is 5.54 Å². The van der Waals surface area contributed by atoms with Gasteiger partial charge >= 0.3 is 6.03 Å². The number of rotatable bonds is 4. The number of halogens is 1. The van der Waals surface area contributed by atoms with Crippen molar-refractivity contribution in [2.24, 2.45) is 0 Å². The summed E-state index contributed by atoms with van der Waals surface area (Å²) in [5, 5.41) is 7.87. The minimum Gasteiger partial charge on any atom is -0.319 e. The van der Waals surface area contributed by atoms with Crippen LogP contribution >= 0.6 is 11.6 Å². The van der Waals surface area contributed by atoms with Gasteiger partial charge in [-0.05, 0) is 62.2 Å². The molecule has 1 aliphatic rings. The largest absolute Gasteiger partial charge is 0.325 e. The van der Waals surface area contributed by atoms with Crippen molar-refractivity contribution in [1.82, 2.24) is 20.0 Å². The number of aromatic nitrogens is 2. The summed E-state index contributed by atoms with van der Waals surface area (Å²) in [5.74, 6) is -0.285. The van der Waals surface area contributed by atoms with Crippen LogP contribution in [0, 0.1) is 13.8 Å². The Morgan fingerprint density at radius 2 is 1.69 bits per heavy atom. The van der Waals surface area contributed by atoms with Gasteiger partial charge in [-0.25, -0.2) is 9.48 Å². The number of nitrogens with one attached hydrogen (secondary N) is 1. The topological polar surface area (TPSA) is 67.2 Å². The van der Waals surface area contributed by atoms with E-state index < -0.39 is 11.6 Å². The summed E-state index contributed by atoms with van der Waals surface area (Å²) >= 11 is 5.94. The van der Waals surface area contributed by atoms with E-state index in [9.17, 15) is 9.59 Å². The molecule has 1 saturated heterocycles. The molecule has 0 spiro atoms. The number of benzene rings is 2. The molecular formula is C22H21ClN4O2. The highest BCUT2D eigenvalue weighted by molar-refractivity contribution is 6.30. The fraction of sp³-hybridized carbons (Fsp3) is 0.227. The summed E-state index contributed by atoms with van der Waals surface area (Å²) in [6.45, 7) is 5.86. The second kappa shape index (κ2) is 7.04. The molecule has 6 nitrogen and oxygen atoms in total. The third-order valence-electron chi connectivity index (χ3n) is 5.23. The lowest BCUT2D eigenvalue weighted by molar-refractivity contribution is -0.131. The summed E-state index contributed by atoms with van der Waals surface area (Å²) in [5.41, 5.74) is 3.38. The smallest absolute Gasteiger partial charge is 0.319 e. The van der Waals surface area contributed by atoms with Gasteiger partial charge in [0.05, 0.1) is 17.9 Å². The van der Waals surface area contributed by atoms with Gasteiger partial charge in [0, 0.05) is 10.7 Å². The first-order valence-corrected chi connectivity index (χ1v) is 9.68. The van der Waals surface area contributed by atoms with Crippen LogP contribution < -0.4 is 5.32 Å². The number of urea groups is 1. The SMILES string of the molecule is Cc1cc(C)n(-c2ccc(CN3C(=O)NC(C)(c4ccc(Cl)cc4)C3=O)cc2)n1. The Balaban J connectivity index is 1.55. The highest BCUT2D eigenvalue weighted by atomic mass is 35.5. The van der Waals surface area contributed by atoms with E-state index >= 15 is 0 Å². The van der Waals surface area contributed by atoms with Crippen molar-refractivity contribution in [3.05, 3.63) is 82.1 Å².